The van der Waals surface area contributed by atoms with Gasteiger partial charge >= 0.3 is 0 Å². The summed E-state index contributed by atoms with van der Waals surface area (Å²) >= 11 is 0. The maximum absolute atomic E-state index is 5.94. The molecule has 1 aromatic heterocycles. The van der Waals surface area contributed by atoms with Gasteiger partial charge in [-0.15, -0.1) is 0 Å². The first-order valence-corrected chi connectivity index (χ1v) is 7.54. The Morgan fingerprint density at radius 1 is 0.913 bits per heavy atom. The molecule has 0 aliphatic rings. The Morgan fingerprint density at radius 3 is 2.39 bits per heavy atom. The lowest BCUT2D eigenvalue weighted by Gasteiger charge is -2.10. The lowest BCUT2D eigenvalue weighted by Crippen LogP contribution is -1.91. The van der Waals surface area contributed by atoms with Crippen LogP contribution in [0.1, 0.15) is 12.1 Å². The van der Waals surface area contributed by atoms with Gasteiger partial charge < -0.3 is 19.2 Å². The zero-order chi connectivity index (χ0) is 16.2. The van der Waals surface area contributed by atoms with Crippen LogP contribution in [0.4, 0.5) is 0 Å². The number of H-pyrrole nitrogens is 1. The SMILES string of the molecule is [CH2]CCc1cc2cc(Oc3ccc(OC)c(OC)c3)ccc2[nH]1. The van der Waals surface area contributed by atoms with Crippen LogP contribution < -0.4 is 14.2 Å². The van der Waals surface area contributed by atoms with Crippen molar-refractivity contribution in [3.8, 4) is 23.0 Å². The van der Waals surface area contributed by atoms with Gasteiger partial charge in [-0.3, -0.25) is 0 Å². The monoisotopic (exact) mass is 310 g/mol. The molecule has 0 saturated heterocycles. The average molecular weight is 310 g/mol. The zero-order valence-electron chi connectivity index (χ0n) is 13.4. The van der Waals surface area contributed by atoms with Gasteiger partial charge in [-0.1, -0.05) is 6.92 Å². The van der Waals surface area contributed by atoms with E-state index < -0.39 is 0 Å². The van der Waals surface area contributed by atoms with Crippen molar-refractivity contribution < 1.29 is 14.2 Å². The summed E-state index contributed by atoms with van der Waals surface area (Å²) in [5.74, 6) is 2.81. The van der Waals surface area contributed by atoms with Gasteiger partial charge in [0.1, 0.15) is 11.5 Å². The van der Waals surface area contributed by atoms with E-state index in [0.29, 0.717) is 17.2 Å². The molecular weight excluding hydrogens is 290 g/mol. The van der Waals surface area contributed by atoms with Crippen LogP contribution in [0.25, 0.3) is 10.9 Å². The Bertz CT molecular complexity index is 807. The summed E-state index contributed by atoms with van der Waals surface area (Å²) in [5.41, 5.74) is 2.30. The number of benzene rings is 2. The van der Waals surface area contributed by atoms with Gasteiger partial charge in [-0.25, -0.2) is 0 Å². The van der Waals surface area contributed by atoms with Crippen molar-refractivity contribution in [1.29, 1.82) is 0 Å². The molecule has 3 aromatic rings. The van der Waals surface area contributed by atoms with E-state index in [0.717, 1.165) is 29.5 Å². The number of aromatic nitrogens is 1. The summed E-state index contributed by atoms with van der Waals surface area (Å²) in [6.45, 7) is 3.89. The van der Waals surface area contributed by atoms with Crippen LogP contribution >= 0.6 is 0 Å². The minimum Gasteiger partial charge on any atom is -0.493 e. The van der Waals surface area contributed by atoms with Gasteiger partial charge in [0, 0.05) is 22.7 Å². The topological polar surface area (TPSA) is 43.5 Å². The van der Waals surface area contributed by atoms with Crippen molar-refractivity contribution in [2.45, 2.75) is 12.8 Å². The van der Waals surface area contributed by atoms with E-state index in [1.807, 2.05) is 36.4 Å². The van der Waals surface area contributed by atoms with E-state index >= 15 is 0 Å². The number of hydrogen-bond donors (Lipinski definition) is 1. The molecule has 2 aromatic carbocycles. The standard InChI is InChI=1S/C19H20NO3/c1-4-5-14-10-13-11-15(6-8-17(13)20-14)23-16-7-9-18(21-2)19(12-16)22-3/h6-12,20H,1,4-5H2,2-3H3. The number of aromatic amines is 1. The number of methoxy groups -OCH3 is 2. The van der Waals surface area contributed by atoms with Gasteiger partial charge in [-0.2, -0.15) is 0 Å². The molecule has 1 heterocycles. The Labute approximate surface area is 136 Å². The lowest BCUT2D eigenvalue weighted by molar-refractivity contribution is 0.352. The molecule has 1 radical (unpaired) electrons. The van der Waals surface area contributed by atoms with Gasteiger partial charge in [-0.05, 0) is 49.2 Å². The molecular formula is C19H20NO3. The van der Waals surface area contributed by atoms with Crippen molar-refractivity contribution in [2.75, 3.05) is 14.2 Å². The number of nitrogens with one attached hydrogen (secondary N) is 1. The highest BCUT2D eigenvalue weighted by Crippen LogP contribution is 2.33. The fourth-order valence-corrected chi connectivity index (χ4v) is 2.58. The van der Waals surface area contributed by atoms with Crippen LogP contribution in [-0.2, 0) is 6.42 Å². The second-order valence-corrected chi connectivity index (χ2v) is 5.27. The Kier molecular flexibility index (Phi) is 4.42. The third-order valence-corrected chi connectivity index (χ3v) is 3.68. The Hall–Kier alpha value is -2.62. The highest BCUT2D eigenvalue weighted by Gasteiger charge is 2.07. The average Bonchev–Trinajstić information content (AvgIpc) is 2.96. The second-order valence-electron chi connectivity index (χ2n) is 5.27. The first-order chi connectivity index (χ1) is 11.2. The van der Waals surface area contributed by atoms with Crippen LogP contribution in [0.15, 0.2) is 42.5 Å². The van der Waals surface area contributed by atoms with E-state index in [9.17, 15) is 0 Å². The molecule has 0 spiro atoms. The fraction of sp³-hybridized carbons (Fsp3) is 0.211. The Morgan fingerprint density at radius 2 is 1.65 bits per heavy atom. The molecule has 0 amide bonds. The minimum atomic E-state index is 0.644. The third kappa shape index (κ3) is 3.26. The lowest BCUT2D eigenvalue weighted by atomic mass is 10.2. The van der Waals surface area contributed by atoms with Crippen molar-refractivity contribution in [3.63, 3.8) is 0 Å². The molecule has 0 fully saturated rings. The molecule has 0 saturated carbocycles. The normalized spacial score (nSPS) is 10.7. The predicted octanol–water partition coefficient (Wildman–Crippen LogP) is 4.74. The number of aryl methyl sites for hydroxylation is 1. The number of ether oxygens (including phenoxy) is 3. The highest BCUT2D eigenvalue weighted by molar-refractivity contribution is 5.82. The van der Waals surface area contributed by atoms with Crippen LogP contribution in [0.3, 0.4) is 0 Å². The first kappa shape index (κ1) is 15.3. The van der Waals surface area contributed by atoms with Crippen molar-refractivity contribution in [3.05, 3.63) is 55.1 Å². The summed E-state index contributed by atoms with van der Waals surface area (Å²) in [6.07, 6.45) is 1.82. The van der Waals surface area contributed by atoms with E-state index in [1.165, 1.54) is 5.69 Å². The summed E-state index contributed by atoms with van der Waals surface area (Å²) in [7, 11) is 3.22. The molecule has 4 nitrogen and oxygen atoms in total. The minimum absolute atomic E-state index is 0.644. The van der Waals surface area contributed by atoms with Crippen LogP contribution in [0.5, 0.6) is 23.0 Å². The molecule has 23 heavy (non-hydrogen) atoms. The molecule has 1 N–H and O–H groups in total. The van der Waals surface area contributed by atoms with Crippen molar-refractivity contribution >= 4 is 10.9 Å². The van der Waals surface area contributed by atoms with Gasteiger partial charge in [0.2, 0.25) is 0 Å². The van der Waals surface area contributed by atoms with Crippen LogP contribution in [-0.4, -0.2) is 19.2 Å². The summed E-state index contributed by atoms with van der Waals surface area (Å²) < 4.78 is 16.5. The number of rotatable bonds is 6. The predicted molar refractivity (Wildman–Crippen MR) is 91.6 cm³/mol. The van der Waals surface area contributed by atoms with E-state index in [4.69, 9.17) is 14.2 Å². The highest BCUT2D eigenvalue weighted by atomic mass is 16.5. The van der Waals surface area contributed by atoms with Crippen molar-refractivity contribution in [1.82, 2.24) is 4.98 Å². The van der Waals surface area contributed by atoms with Crippen molar-refractivity contribution in [2.24, 2.45) is 0 Å². The maximum atomic E-state index is 5.94. The Balaban J connectivity index is 1.86. The van der Waals surface area contributed by atoms with Gasteiger partial charge in [0.05, 0.1) is 14.2 Å². The quantitative estimate of drug-likeness (QED) is 0.715. The molecule has 0 bridgehead atoms. The smallest absolute Gasteiger partial charge is 0.164 e. The van der Waals surface area contributed by atoms with Crippen LogP contribution in [0.2, 0.25) is 0 Å². The molecule has 4 heteroatoms. The van der Waals surface area contributed by atoms with E-state index in [-0.39, 0.29) is 0 Å². The number of fused-ring (bicyclic) bond motifs is 1. The number of hydrogen-bond acceptors (Lipinski definition) is 3. The van der Waals surface area contributed by atoms with E-state index in [1.54, 1.807) is 14.2 Å². The third-order valence-electron chi connectivity index (χ3n) is 3.68. The maximum Gasteiger partial charge on any atom is 0.164 e. The molecule has 0 aliphatic carbocycles. The summed E-state index contributed by atoms with van der Waals surface area (Å²) in [6, 6.07) is 13.6. The zero-order valence-corrected chi connectivity index (χ0v) is 13.4. The molecule has 0 atom stereocenters. The van der Waals surface area contributed by atoms with Gasteiger partial charge in [0.15, 0.2) is 11.5 Å². The van der Waals surface area contributed by atoms with E-state index in [2.05, 4.69) is 18.0 Å². The van der Waals surface area contributed by atoms with Crippen LogP contribution in [0, 0.1) is 6.92 Å². The summed E-state index contributed by atoms with van der Waals surface area (Å²) in [4.78, 5) is 3.39. The molecule has 119 valence electrons. The van der Waals surface area contributed by atoms with Gasteiger partial charge in [0.25, 0.3) is 0 Å². The first-order valence-electron chi connectivity index (χ1n) is 7.54. The summed E-state index contributed by atoms with van der Waals surface area (Å²) in [5, 5.41) is 1.13. The largest absolute Gasteiger partial charge is 0.493 e. The second kappa shape index (κ2) is 6.65. The fourth-order valence-electron chi connectivity index (χ4n) is 2.58. The molecule has 0 aliphatic heterocycles. The molecule has 3 rings (SSSR count). The molecule has 0 unspecified atom stereocenters.